The molecule has 0 spiro atoms. The zero-order valence-corrected chi connectivity index (χ0v) is 17.4. The van der Waals surface area contributed by atoms with Gasteiger partial charge in [0.05, 0.1) is 20.3 Å². The molecule has 2 aliphatic heterocycles. The number of amides is 2. The number of hydrogen-bond donors (Lipinski definition) is 3. The van der Waals surface area contributed by atoms with Crippen LogP contribution in [-0.4, -0.2) is 53.1 Å². The van der Waals surface area contributed by atoms with Crippen molar-refractivity contribution in [3.8, 4) is 17.2 Å². The molecule has 1 aromatic heterocycles. The molecule has 2 aromatic carbocycles. The van der Waals surface area contributed by atoms with Crippen LogP contribution in [0.1, 0.15) is 29.8 Å². The molecule has 8 heteroatoms. The van der Waals surface area contributed by atoms with Gasteiger partial charge in [0.1, 0.15) is 12.1 Å². The number of piperazine rings is 1. The Morgan fingerprint density at radius 1 is 1.10 bits per heavy atom. The lowest BCUT2D eigenvalue weighted by Crippen LogP contribution is -2.65. The Labute approximate surface area is 178 Å². The highest BCUT2D eigenvalue weighted by atomic mass is 16.5. The van der Waals surface area contributed by atoms with E-state index in [4.69, 9.17) is 9.47 Å². The number of nitrogens with one attached hydrogen (secondary N) is 2. The quantitative estimate of drug-likeness (QED) is 0.602. The van der Waals surface area contributed by atoms with Gasteiger partial charge >= 0.3 is 0 Å². The van der Waals surface area contributed by atoms with Gasteiger partial charge in [0.25, 0.3) is 0 Å². The highest BCUT2D eigenvalue weighted by Gasteiger charge is 2.48. The molecule has 0 aliphatic carbocycles. The molecule has 3 heterocycles. The predicted octanol–water partition coefficient (Wildman–Crippen LogP) is 2.25. The number of H-pyrrole nitrogens is 1. The molecular weight excluding hydrogens is 398 g/mol. The Balaban J connectivity index is 1.79. The Bertz CT molecular complexity index is 1190. The van der Waals surface area contributed by atoms with Crippen molar-refractivity contribution in [2.24, 2.45) is 0 Å². The van der Waals surface area contributed by atoms with Crippen LogP contribution in [0.2, 0.25) is 0 Å². The first-order valence-corrected chi connectivity index (χ1v) is 10.1. The van der Waals surface area contributed by atoms with Crippen LogP contribution in [-0.2, 0) is 16.0 Å². The van der Waals surface area contributed by atoms with Crippen molar-refractivity contribution in [2.45, 2.75) is 31.5 Å². The first kappa shape index (κ1) is 19.3. The Morgan fingerprint density at radius 3 is 2.45 bits per heavy atom. The normalized spacial score (nSPS) is 22.7. The molecule has 2 amide bonds. The Kier molecular flexibility index (Phi) is 4.32. The maximum absolute atomic E-state index is 13.3. The second-order valence-electron chi connectivity index (χ2n) is 7.94. The van der Waals surface area contributed by atoms with Crippen molar-refractivity contribution < 1.29 is 24.2 Å². The number of methoxy groups -OCH3 is 2. The van der Waals surface area contributed by atoms with Crippen molar-refractivity contribution in [3.05, 3.63) is 53.2 Å². The van der Waals surface area contributed by atoms with Crippen LogP contribution >= 0.6 is 0 Å². The fourth-order valence-corrected chi connectivity index (χ4v) is 4.78. The second kappa shape index (κ2) is 6.94. The molecule has 1 fully saturated rings. The smallest absolute Gasteiger partial charge is 0.246 e. The van der Waals surface area contributed by atoms with Crippen LogP contribution in [0.25, 0.3) is 10.9 Å². The van der Waals surface area contributed by atoms with Crippen molar-refractivity contribution in [3.63, 3.8) is 0 Å². The number of ether oxygens (including phenoxy) is 2. The minimum Gasteiger partial charge on any atom is -0.502 e. The summed E-state index contributed by atoms with van der Waals surface area (Å²) in [6.45, 7) is 1.69. The summed E-state index contributed by atoms with van der Waals surface area (Å²) in [5, 5.41) is 14.2. The summed E-state index contributed by atoms with van der Waals surface area (Å²) in [6.07, 6.45) is 0.423. The SMILES string of the molecule is COc1cc([C@@H]2c3[nH]c4ccccc4c3C[C@H]3C(=O)N[C@H](C)C(=O)N23)cc(OC)c1O. The van der Waals surface area contributed by atoms with Gasteiger partial charge in [-0.3, -0.25) is 9.59 Å². The van der Waals surface area contributed by atoms with Crippen LogP contribution in [0, 0.1) is 0 Å². The standard InChI is InChI=1S/C23H23N3O5/c1-11-23(29)26-16(22(28)24-11)10-14-13-6-4-5-7-15(13)25-19(14)20(26)12-8-17(30-2)21(27)18(9-12)31-3/h4-9,11,16,20,25,27H,10H2,1-3H3,(H,24,28)/t11-,16+,20-/m1/s1. The molecule has 2 aliphatic rings. The summed E-state index contributed by atoms with van der Waals surface area (Å²) in [5.74, 6) is 0.0110. The van der Waals surface area contributed by atoms with Gasteiger partial charge < -0.3 is 29.8 Å². The van der Waals surface area contributed by atoms with Crippen LogP contribution in [0.4, 0.5) is 0 Å². The second-order valence-corrected chi connectivity index (χ2v) is 7.94. The molecule has 0 bridgehead atoms. The number of carbonyl (C=O) groups excluding carboxylic acids is 2. The van der Waals surface area contributed by atoms with Gasteiger partial charge in [0.2, 0.25) is 17.6 Å². The van der Waals surface area contributed by atoms with E-state index in [1.165, 1.54) is 14.2 Å². The molecule has 5 rings (SSSR count). The highest BCUT2D eigenvalue weighted by Crippen LogP contribution is 2.46. The summed E-state index contributed by atoms with van der Waals surface area (Å²) in [5.41, 5.74) is 3.48. The van der Waals surface area contributed by atoms with E-state index in [2.05, 4.69) is 10.3 Å². The molecule has 0 saturated carbocycles. The average Bonchev–Trinajstić information content (AvgIpc) is 3.15. The number of aromatic nitrogens is 1. The number of phenols is 1. The number of rotatable bonds is 3. The zero-order chi connectivity index (χ0) is 21.9. The van der Waals surface area contributed by atoms with Crippen LogP contribution in [0.3, 0.4) is 0 Å². The molecule has 0 unspecified atom stereocenters. The van der Waals surface area contributed by atoms with Crippen molar-refractivity contribution in [1.29, 1.82) is 0 Å². The van der Waals surface area contributed by atoms with Gasteiger partial charge in [-0.15, -0.1) is 0 Å². The maximum atomic E-state index is 13.3. The molecule has 160 valence electrons. The summed E-state index contributed by atoms with van der Waals surface area (Å²) < 4.78 is 10.7. The fraction of sp³-hybridized carbons (Fsp3) is 0.304. The van der Waals surface area contributed by atoms with Gasteiger partial charge in [-0.25, -0.2) is 0 Å². The summed E-state index contributed by atoms with van der Waals surface area (Å²) in [6, 6.07) is 9.44. The number of phenolic OH excluding ortho intramolecular Hbond substituents is 1. The third-order valence-corrected chi connectivity index (χ3v) is 6.24. The number of hydrogen-bond acceptors (Lipinski definition) is 5. The number of fused-ring (bicyclic) bond motifs is 4. The number of para-hydroxylation sites is 1. The van der Waals surface area contributed by atoms with Gasteiger partial charge in [-0.1, -0.05) is 18.2 Å². The molecule has 0 radical (unpaired) electrons. The number of nitrogens with zero attached hydrogens (tertiary/aromatic N) is 1. The van der Waals surface area contributed by atoms with Gasteiger partial charge in [-0.05, 0) is 36.2 Å². The summed E-state index contributed by atoms with van der Waals surface area (Å²) in [4.78, 5) is 31.3. The van der Waals surface area contributed by atoms with E-state index < -0.39 is 18.1 Å². The molecule has 3 atom stereocenters. The van der Waals surface area contributed by atoms with E-state index in [-0.39, 0.29) is 29.1 Å². The summed E-state index contributed by atoms with van der Waals surface area (Å²) in [7, 11) is 2.91. The minimum atomic E-state index is -0.633. The Hall–Kier alpha value is -3.68. The molecule has 3 N–H and O–H groups in total. The van der Waals surface area contributed by atoms with Crippen LogP contribution in [0.15, 0.2) is 36.4 Å². The summed E-state index contributed by atoms with van der Waals surface area (Å²) >= 11 is 0. The van der Waals surface area contributed by atoms with E-state index >= 15 is 0 Å². The van der Waals surface area contributed by atoms with Crippen molar-refractivity contribution >= 4 is 22.7 Å². The van der Waals surface area contributed by atoms with Crippen LogP contribution < -0.4 is 14.8 Å². The topological polar surface area (TPSA) is 104 Å². The van der Waals surface area contributed by atoms with Crippen molar-refractivity contribution in [2.75, 3.05) is 14.2 Å². The fourth-order valence-electron chi connectivity index (χ4n) is 4.78. The van der Waals surface area contributed by atoms with Gasteiger partial charge in [-0.2, -0.15) is 0 Å². The minimum absolute atomic E-state index is 0.117. The number of aromatic amines is 1. The lowest BCUT2D eigenvalue weighted by Gasteiger charge is -2.46. The molecule has 1 saturated heterocycles. The zero-order valence-electron chi connectivity index (χ0n) is 17.4. The molecule has 8 nitrogen and oxygen atoms in total. The lowest BCUT2D eigenvalue weighted by atomic mass is 9.85. The van der Waals surface area contributed by atoms with Crippen LogP contribution in [0.5, 0.6) is 17.2 Å². The van der Waals surface area contributed by atoms with Gasteiger partial charge in [0.15, 0.2) is 11.5 Å². The number of aromatic hydroxyl groups is 1. The van der Waals surface area contributed by atoms with E-state index in [0.717, 1.165) is 22.2 Å². The monoisotopic (exact) mass is 421 g/mol. The largest absolute Gasteiger partial charge is 0.502 e. The average molecular weight is 421 g/mol. The molecule has 31 heavy (non-hydrogen) atoms. The van der Waals surface area contributed by atoms with E-state index in [0.29, 0.717) is 12.0 Å². The van der Waals surface area contributed by atoms with E-state index in [9.17, 15) is 14.7 Å². The van der Waals surface area contributed by atoms with E-state index in [1.54, 1.807) is 24.0 Å². The Morgan fingerprint density at radius 2 is 1.77 bits per heavy atom. The third kappa shape index (κ3) is 2.74. The lowest BCUT2D eigenvalue weighted by molar-refractivity contribution is -0.151. The first-order chi connectivity index (χ1) is 14.9. The first-order valence-electron chi connectivity index (χ1n) is 10.1. The van der Waals surface area contributed by atoms with E-state index in [1.807, 2.05) is 24.3 Å². The highest BCUT2D eigenvalue weighted by molar-refractivity contribution is 5.99. The maximum Gasteiger partial charge on any atom is 0.246 e. The predicted molar refractivity (Wildman–Crippen MR) is 113 cm³/mol. The van der Waals surface area contributed by atoms with Crippen molar-refractivity contribution in [1.82, 2.24) is 15.2 Å². The molecular formula is C23H23N3O5. The number of carbonyl (C=O) groups is 2. The third-order valence-electron chi connectivity index (χ3n) is 6.24. The number of benzene rings is 2. The van der Waals surface area contributed by atoms with Gasteiger partial charge in [0, 0.05) is 23.0 Å². The molecule has 3 aromatic rings.